The second-order valence-corrected chi connectivity index (χ2v) is 8.24. The molecule has 4 aromatic rings. The molecule has 0 aliphatic carbocycles. The smallest absolute Gasteiger partial charge is 0.307 e. The Morgan fingerprint density at radius 1 is 1.18 bits per heavy atom. The molecule has 0 unspecified atom stereocenters. The summed E-state index contributed by atoms with van der Waals surface area (Å²) in [5.41, 5.74) is 10.9. The average molecular weight is 448 g/mol. The SMILES string of the molecule is CC(C)n1ccc2c(-c3ccnc(CN)c3)cc(COc3ccc(F)cc3CC(=O)O)cc21. The fourth-order valence-electron chi connectivity index (χ4n) is 4.00. The van der Waals surface area contributed by atoms with Crippen molar-refractivity contribution in [2.75, 3.05) is 0 Å². The first kappa shape index (κ1) is 22.5. The number of pyridine rings is 1. The molecule has 3 N–H and O–H groups in total. The maximum absolute atomic E-state index is 13.7. The number of carboxylic acids is 1. The second kappa shape index (κ2) is 9.42. The molecule has 0 aliphatic heterocycles. The number of nitrogens with zero attached hydrogens (tertiary/aromatic N) is 2. The van der Waals surface area contributed by atoms with Gasteiger partial charge in [0.2, 0.25) is 0 Å². The van der Waals surface area contributed by atoms with E-state index in [4.69, 9.17) is 15.6 Å². The predicted molar refractivity (Wildman–Crippen MR) is 126 cm³/mol. The van der Waals surface area contributed by atoms with E-state index in [1.807, 2.05) is 12.1 Å². The Morgan fingerprint density at radius 3 is 2.73 bits per heavy atom. The number of rotatable bonds is 8. The lowest BCUT2D eigenvalue weighted by atomic mass is 9.99. The van der Waals surface area contributed by atoms with Gasteiger partial charge >= 0.3 is 5.97 Å². The van der Waals surface area contributed by atoms with Gasteiger partial charge in [0.15, 0.2) is 0 Å². The number of fused-ring (bicyclic) bond motifs is 1. The Morgan fingerprint density at radius 2 is 2.00 bits per heavy atom. The minimum absolute atomic E-state index is 0.208. The van der Waals surface area contributed by atoms with E-state index < -0.39 is 11.8 Å². The van der Waals surface area contributed by atoms with Crippen molar-refractivity contribution in [1.29, 1.82) is 0 Å². The molecule has 4 rings (SSSR count). The van der Waals surface area contributed by atoms with Gasteiger partial charge in [0.05, 0.1) is 12.1 Å². The van der Waals surface area contributed by atoms with Gasteiger partial charge in [-0.3, -0.25) is 9.78 Å². The summed E-state index contributed by atoms with van der Waals surface area (Å²) in [5.74, 6) is -1.18. The number of halogens is 1. The summed E-state index contributed by atoms with van der Waals surface area (Å²) in [5, 5.41) is 10.3. The maximum atomic E-state index is 13.7. The van der Waals surface area contributed by atoms with Gasteiger partial charge in [0.1, 0.15) is 18.2 Å². The molecule has 33 heavy (non-hydrogen) atoms. The van der Waals surface area contributed by atoms with Crippen LogP contribution in [0.1, 0.15) is 36.7 Å². The monoisotopic (exact) mass is 447 g/mol. The van der Waals surface area contributed by atoms with Gasteiger partial charge in [-0.2, -0.15) is 0 Å². The Labute approximate surface area is 191 Å². The lowest BCUT2D eigenvalue weighted by molar-refractivity contribution is -0.136. The topological polar surface area (TPSA) is 90.4 Å². The third-order valence-electron chi connectivity index (χ3n) is 5.55. The maximum Gasteiger partial charge on any atom is 0.307 e. The van der Waals surface area contributed by atoms with E-state index in [0.717, 1.165) is 33.3 Å². The highest BCUT2D eigenvalue weighted by molar-refractivity contribution is 5.96. The first-order chi connectivity index (χ1) is 15.9. The van der Waals surface area contributed by atoms with Gasteiger partial charge in [-0.1, -0.05) is 0 Å². The summed E-state index contributed by atoms with van der Waals surface area (Å²) < 4.78 is 21.8. The van der Waals surface area contributed by atoms with Crippen molar-refractivity contribution in [2.45, 2.75) is 39.5 Å². The Balaban J connectivity index is 1.75. The van der Waals surface area contributed by atoms with Crippen molar-refractivity contribution < 1.29 is 19.0 Å². The fourth-order valence-corrected chi connectivity index (χ4v) is 4.00. The second-order valence-electron chi connectivity index (χ2n) is 8.24. The molecular formula is C26H26FN3O3. The highest BCUT2D eigenvalue weighted by Gasteiger charge is 2.14. The molecule has 0 spiro atoms. The first-order valence-electron chi connectivity index (χ1n) is 10.8. The van der Waals surface area contributed by atoms with Crippen LogP contribution < -0.4 is 10.5 Å². The van der Waals surface area contributed by atoms with Crippen LogP contribution in [0.4, 0.5) is 4.39 Å². The lowest BCUT2D eigenvalue weighted by Crippen LogP contribution is -2.05. The zero-order valence-corrected chi connectivity index (χ0v) is 18.6. The van der Waals surface area contributed by atoms with E-state index >= 15 is 0 Å². The normalized spacial score (nSPS) is 11.3. The molecule has 0 aliphatic rings. The van der Waals surface area contributed by atoms with Crippen LogP contribution in [0.3, 0.4) is 0 Å². The zero-order chi connectivity index (χ0) is 23.5. The lowest BCUT2D eigenvalue weighted by Gasteiger charge is -2.15. The molecule has 2 aromatic carbocycles. The molecular weight excluding hydrogens is 421 g/mol. The van der Waals surface area contributed by atoms with Crippen LogP contribution in [0, 0.1) is 5.82 Å². The van der Waals surface area contributed by atoms with Gasteiger partial charge in [-0.25, -0.2) is 4.39 Å². The fraction of sp³-hybridized carbons (Fsp3) is 0.231. The molecule has 0 atom stereocenters. The first-order valence-corrected chi connectivity index (χ1v) is 10.8. The van der Waals surface area contributed by atoms with Crippen molar-refractivity contribution in [3.8, 4) is 16.9 Å². The van der Waals surface area contributed by atoms with Gasteiger partial charge in [0, 0.05) is 41.4 Å². The van der Waals surface area contributed by atoms with Gasteiger partial charge in [0.25, 0.3) is 0 Å². The predicted octanol–water partition coefficient (Wildman–Crippen LogP) is 5.09. The van der Waals surface area contributed by atoms with Crippen molar-refractivity contribution in [1.82, 2.24) is 9.55 Å². The van der Waals surface area contributed by atoms with Crippen LogP contribution in [0.2, 0.25) is 0 Å². The van der Waals surface area contributed by atoms with Crippen molar-refractivity contribution >= 4 is 16.9 Å². The number of aromatic nitrogens is 2. The summed E-state index contributed by atoms with van der Waals surface area (Å²) in [6.07, 6.45) is 3.51. The highest BCUT2D eigenvalue weighted by Crippen LogP contribution is 2.33. The molecule has 170 valence electrons. The van der Waals surface area contributed by atoms with Gasteiger partial charge in [-0.05, 0) is 79.1 Å². The van der Waals surface area contributed by atoms with E-state index in [1.54, 1.807) is 6.20 Å². The molecule has 7 heteroatoms. The molecule has 0 saturated carbocycles. The minimum Gasteiger partial charge on any atom is -0.489 e. The van der Waals surface area contributed by atoms with E-state index in [1.165, 1.54) is 18.2 Å². The molecule has 0 fully saturated rings. The minimum atomic E-state index is -1.04. The Bertz CT molecular complexity index is 1310. The molecule has 0 amide bonds. The van der Waals surface area contributed by atoms with Crippen LogP contribution in [0.15, 0.2) is 60.9 Å². The van der Waals surface area contributed by atoms with Gasteiger partial charge in [-0.15, -0.1) is 0 Å². The van der Waals surface area contributed by atoms with E-state index in [2.05, 4.69) is 47.8 Å². The van der Waals surface area contributed by atoms with Crippen molar-refractivity contribution in [3.05, 3.63) is 83.6 Å². The number of nitrogens with two attached hydrogens (primary N) is 1. The van der Waals surface area contributed by atoms with E-state index in [9.17, 15) is 9.18 Å². The number of carboxylic acid groups (broad SMARTS) is 1. The average Bonchev–Trinajstić information content (AvgIpc) is 3.22. The highest BCUT2D eigenvalue weighted by atomic mass is 19.1. The molecule has 0 radical (unpaired) electrons. The van der Waals surface area contributed by atoms with Crippen LogP contribution in [0.25, 0.3) is 22.0 Å². The Hall–Kier alpha value is -3.71. The molecule has 2 aromatic heterocycles. The third kappa shape index (κ3) is 4.88. The molecule has 0 saturated heterocycles. The Kier molecular flexibility index (Phi) is 6.42. The third-order valence-corrected chi connectivity index (χ3v) is 5.55. The number of aliphatic carboxylic acids is 1. The van der Waals surface area contributed by atoms with Crippen molar-refractivity contribution in [3.63, 3.8) is 0 Å². The van der Waals surface area contributed by atoms with Gasteiger partial charge < -0.3 is 20.1 Å². The quantitative estimate of drug-likeness (QED) is 0.393. The summed E-state index contributed by atoms with van der Waals surface area (Å²) in [7, 11) is 0. The summed E-state index contributed by atoms with van der Waals surface area (Å²) >= 11 is 0. The van der Waals surface area contributed by atoms with Crippen LogP contribution >= 0.6 is 0 Å². The molecule has 6 nitrogen and oxygen atoms in total. The standard InChI is InChI=1S/C26H26FN3O3/c1-16(2)30-8-6-22-23(18-5-7-29-21(12-18)14-28)9-17(10-24(22)30)15-33-25-4-3-20(27)11-19(25)13-26(31)32/h3-12,16H,13-15,28H2,1-2H3,(H,31,32). The summed E-state index contributed by atoms with van der Waals surface area (Å²) in [4.78, 5) is 15.5. The zero-order valence-electron chi connectivity index (χ0n) is 18.6. The number of hydrogen-bond acceptors (Lipinski definition) is 4. The van der Waals surface area contributed by atoms with Crippen molar-refractivity contribution in [2.24, 2.45) is 5.73 Å². The largest absolute Gasteiger partial charge is 0.489 e. The van der Waals surface area contributed by atoms with E-state index in [0.29, 0.717) is 17.9 Å². The number of benzene rings is 2. The van der Waals surface area contributed by atoms with Crippen LogP contribution in [-0.2, 0) is 24.4 Å². The van der Waals surface area contributed by atoms with Crippen LogP contribution in [-0.4, -0.2) is 20.6 Å². The summed E-state index contributed by atoms with van der Waals surface area (Å²) in [6, 6.07) is 14.4. The number of hydrogen-bond donors (Lipinski definition) is 2. The number of ether oxygens (including phenoxy) is 1. The molecule has 0 bridgehead atoms. The summed E-state index contributed by atoms with van der Waals surface area (Å²) in [6.45, 7) is 4.80. The van der Waals surface area contributed by atoms with E-state index in [-0.39, 0.29) is 19.1 Å². The molecule has 2 heterocycles. The number of carbonyl (C=O) groups is 1. The van der Waals surface area contributed by atoms with Crippen LogP contribution in [0.5, 0.6) is 5.75 Å².